The van der Waals surface area contributed by atoms with Crippen LogP contribution in [0.5, 0.6) is 0 Å². The van der Waals surface area contributed by atoms with E-state index in [1.807, 2.05) is 0 Å². The molecule has 8 nitrogen and oxygen atoms in total. The first-order valence-corrected chi connectivity index (χ1v) is 5.31. The predicted octanol–water partition coefficient (Wildman–Crippen LogP) is 0.451. The highest BCUT2D eigenvalue weighted by atomic mass is 16.6. The first-order chi connectivity index (χ1) is 8.60. The zero-order valence-corrected chi connectivity index (χ0v) is 10.2. The number of nitro groups is 1. The fraction of sp³-hybridized carbons (Fsp3) is 0.500. The highest BCUT2D eigenvalue weighted by molar-refractivity contribution is 5.54. The van der Waals surface area contributed by atoms with Gasteiger partial charge in [0, 0.05) is 14.2 Å². The smallest absolute Gasteiger partial charge is 0.276 e. The van der Waals surface area contributed by atoms with Crippen molar-refractivity contribution in [1.82, 2.24) is 4.98 Å². The van der Waals surface area contributed by atoms with E-state index < -0.39 is 4.92 Å². The summed E-state index contributed by atoms with van der Waals surface area (Å²) in [6, 6.07) is 2.27. The van der Waals surface area contributed by atoms with Crippen LogP contribution >= 0.6 is 0 Å². The maximum atomic E-state index is 10.8. The number of ether oxygens (including phenoxy) is 1. The molecule has 0 aliphatic rings. The molecule has 3 N–H and O–H groups in total. The molecule has 1 heterocycles. The van der Waals surface area contributed by atoms with Gasteiger partial charge < -0.3 is 20.5 Å². The van der Waals surface area contributed by atoms with Crippen molar-refractivity contribution in [3.05, 3.63) is 22.2 Å². The third-order valence-corrected chi connectivity index (χ3v) is 2.22. The van der Waals surface area contributed by atoms with E-state index in [0.29, 0.717) is 11.6 Å². The third-order valence-electron chi connectivity index (χ3n) is 2.22. The van der Waals surface area contributed by atoms with Crippen molar-refractivity contribution in [3.63, 3.8) is 0 Å². The second-order valence-corrected chi connectivity index (χ2v) is 3.58. The summed E-state index contributed by atoms with van der Waals surface area (Å²) in [5, 5.41) is 25.5. The summed E-state index contributed by atoms with van der Waals surface area (Å²) < 4.78 is 4.90. The minimum absolute atomic E-state index is 0.0778. The highest BCUT2D eigenvalue weighted by Crippen LogP contribution is 2.20. The molecular formula is C10H16N4O4. The molecule has 0 spiro atoms. The van der Waals surface area contributed by atoms with Crippen LogP contribution in [-0.2, 0) is 4.74 Å². The van der Waals surface area contributed by atoms with E-state index in [2.05, 4.69) is 15.6 Å². The first-order valence-electron chi connectivity index (χ1n) is 5.31. The molecule has 1 aromatic heterocycles. The van der Waals surface area contributed by atoms with Gasteiger partial charge in [0.1, 0.15) is 11.6 Å². The summed E-state index contributed by atoms with van der Waals surface area (Å²) in [6.45, 7) is 0.114. The largest absolute Gasteiger partial charge is 0.394 e. The molecule has 0 saturated carbocycles. The molecule has 1 rings (SSSR count). The average Bonchev–Trinajstić information content (AvgIpc) is 2.37. The number of aliphatic hydroxyl groups excluding tert-OH is 1. The summed E-state index contributed by atoms with van der Waals surface area (Å²) in [6.07, 6.45) is 0. The maximum Gasteiger partial charge on any atom is 0.276 e. The van der Waals surface area contributed by atoms with E-state index in [-0.39, 0.29) is 24.9 Å². The Balaban J connectivity index is 2.93. The second-order valence-electron chi connectivity index (χ2n) is 3.58. The molecule has 0 amide bonds. The molecule has 0 saturated heterocycles. The third kappa shape index (κ3) is 3.82. The monoisotopic (exact) mass is 256 g/mol. The number of methoxy groups -OCH3 is 1. The van der Waals surface area contributed by atoms with Crippen molar-refractivity contribution in [2.75, 3.05) is 38.0 Å². The Morgan fingerprint density at radius 1 is 1.56 bits per heavy atom. The van der Waals surface area contributed by atoms with Crippen molar-refractivity contribution in [2.45, 2.75) is 6.04 Å². The number of nitrogens with one attached hydrogen (secondary N) is 2. The number of rotatable bonds is 7. The van der Waals surface area contributed by atoms with E-state index in [4.69, 9.17) is 9.84 Å². The molecule has 0 aliphatic heterocycles. The molecular weight excluding hydrogens is 240 g/mol. The number of nitrogens with zero attached hydrogens (tertiary/aromatic N) is 2. The topological polar surface area (TPSA) is 110 Å². The van der Waals surface area contributed by atoms with Crippen molar-refractivity contribution < 1.29 is 14.8 Å². The van der Waals surface area contributed by atoms with Gasteiger partial charge >= 0.3 is 0 Å². The molecule has 0 fully saturated rings. The van der Waals surface area contributed by atoms with E-state index in [0.717, 1.165) is 0 Å². The molecule has 100 valence electrons. The summed E-state index contributed by atoms with van der Waals surface area (Å²) in [7, 11) is 3.12. The minimum Gasteiger partial charge on any atom is -0.394 e. The fourth-order valence-electron chi connectivity index (χ4n) is 1.37. The van der Waals surface area contributed by atoms with Gasteiger partial charge in [-0.3, -0.25) is 10.1 Å². The van der Waals surface area contributed by atoms with Gasteiger partial charge in [-0.2, -0.15) is 0 Å². The maximum absolute atomic E-state index is 10.8. The van der Waals surface area contributed by atoms with Crippen molar-refractivity contribution in [3.8, 4) is 0 Å². The Bertz CT molecular complexity index is 413. The molecule has 0 bridgehead atoms. The van der Waals surface area contributed by atoms with Crippen LogP contribution in [0.25, 0.3) is 0 Å². The number of aliphatic hydroxyl groups is 1. The summed E-state index contributed by atoms with van der Waals surface area (Å²) in [5.74, 6) is 0.686. The van der Waals surface area contributed by atoms with Crippen LogP contribution in [-0.4, -0.2) is 48.4 Å². The molecule has 1 aromatic rings. The Morgan fingerprint density at radius 2 is 2.22 bits per heavy atom. The van der Waals surface area contributed by atoms with Gasteiger partial charge in [0.15, 0.2) is 0 Å². The molecule has 0 aromatic carbocycles. The molecule has 18 heavy (non-hydrogen) atoms. The number of hydrogen-bond donors (Lipinski definition) is 3. The molecule has 0 aliphatic carbocycles. The lowest BCUT2D eigenvalue weighted by Gasteiger charge is -2.16. The molecule has 0 radical (unpaired) electrons. The van der Waals surface area contributed by atoms with Gasteiger partial charge in [-0.05, 0) is 0 Å². The van der Waals surface area contributed by atoms with Crippen LogP contribution in [0, 0.1) is 10.1 Å². The summed E-state index contributed by atoms with van der Waals surface area (Å²) >= 11 is 0. The van der Waals surface area contributed by atoms with Gasteiger partial charge in [0.25, 0.3) is 5.69 Å². The van der Waals surface area contributed by atoms with Gasteiger partial charge in [-0.25, -0.2) is 4.98 Å². The normalized spacial score (nSPS) is 11.9. The second kappa shape index (κ2) is 6.72. The number of hydrogen-bond acceptors (Lipinski definition) is 7. The van der Waals surface area contributed by atoms with Crippen LogP contribution < -0.4 is 10.6 Å². The number of anilines is 2. The SMILES string of the molecule is CNc1cc([N+](=O)[O-])cc(NC(CO)COC)n1. The Morgan fingerprint density at radius 3 is 2.72 bits per heavy atom. The van der Waals surface area contributed by atoms with Gasteiger partial charge in [-0.1, -0.05) is 0 Å². The lowest BCUT2D eigenvalue weighted by Crippen LogP contribution is -2.29. The van der Waals surface area contributed by atoms with Crippen molar-refractivity contribution in [2.24, 2.45) is 0 Å². The Labute approximate surface area is 104 Å². The predicted molar refractivity (Wildman–Crippen MR) is 66.8 cm³/mol. The lowest BCUT2D eigenvalue weighted by atomic mass is 10.3. The molecule has 1 unspecified atom stereocenters. The van der Waals surface area contributed by atoms with Crippen molar-refractivity contribution in [1.29, 1.82) is 0 Å². The van der Waals surface area contributed by atoms with Gasteiger partial charge in [0.05, 0.1) is 36.3 Å². The van der Waals surface area contributed by atoms with Gasteiger partial charge in [-0.15, -0.1) is 0 Å². The van der Waals surface area contributed by atoms with Crippen LogP contribution in [0.4, 0.5) is 17.3 Å². The Kier molecular flexibility index (Phi) is 5.28. The lowest BCUT2D eigenvalue weighted by molar-refractivity contribution is -0.384. The van der Waals surface area contributed by atoms with E-state index in [1.54, 1.807) is 7.05 Å². The first kappa shape index (κ1) is 14.1. The van der Waals surface area contributed by atoms with Gasteiger partial charge in [0.2, 0.25) is 0 Å². The summed E-state index contributed by atoms with van der Waals surface area (Å²) in [5.41, 5.74) is -0.0778. The zero-order chi connectivity index (χ0) is 13.5. The quantitative estimate of drug-likeness (QED) is 0.480. The van der Waals surface area contributed by atoms with Crippen LogP contribution in [0.2, 0.25) is 0 Å². The molecule has 1 atom stereocenters. The Hall–Kier alpha value is -1.93. The van der Waals surface area contributed by atoms with E-state index in [1.165, 1.54) is 19.2 Å². The van der Waals surface area contributed by atoms with Crippen LogP contribution in [0.1, 0.15) is 0 Å². The zero-order valence-electron chi connectivity index (χ0n) is 10.2. The number of pyridine rings is 1. The molecule has 8 heteroatoms. The highest BCUT2D eigenvalue weighted by Gasteiger charge is 2.13. The fourth-order valence-corrected chi connectivity index (χ4v) is 1.37. The van der Waals surface area contributed by atoms with Crippen molar-refractivity contribution >= 4 is 17.3 Å². The minimum atomic E-state index is -0.502. The summed E-state index contributed by atoms with van der Waals surface area (Å²) in [4.78, 5) is 14.4. The number of aromatic nitrogens is 1. The van der Waals surface area contributed by atoms with Crippen LogP contribution in [0.3, 0.4) is 0 Å². The standard InChI is InChI=1S/C10H16N4O4/c1-11-9-3-8(14(16)17)4-10(13-9)12-7(5-15)6-18-2/h3-4,7,15H,5-6H2,1-2H3,(H2,11,12,13). The average molecular weight is 256 g/mol. The van der Waals surface area contributed by atoms with Crippen LogP contribution in [0.15, 0.2) is 12.1 Å². The van der Waals surface area contributed by atoms with E-state index >= 15 is 0 Å². The van der Waals surface area contributed by atoms with E-state index in [9.17, 15) is 10.1 Å².